The van der Waals surface area contributed by atoms with Crippen molar-refractivity contribution >= 4 is 106 Å². The summed E-state index contributed by atoms with van der Waals surface area (Å²) < 4.78 is 28.4. The first kappa shape index (κ1) is 40.7. The van der Waals surface area contributed by atoms with Gasteiger partial charge in [0.2, 0.25) is 11.8 Å². The van der Waals surface area contributed by atoms with Crippen LogP contribution in [0.1, 0.15) is 57.6 Å². The fourth-order valence-corrected chi connectivity index (χ4v) is 8.74. The standard InChI is InChI=1S/C18H18BrFN2O2.C17H14BrFN2O2.CH3.BrH.Mg/c1-17(2,24)9-6-18(7-9)15-10-4-11(19)12(20)5-13(10)21-8-14(15)22(3)16(18)23;1-8(22)9-5-17(6-9)15-10-3-11(18)12(19)4-13(10)20-7-14(15)21(2)16(17)23;;;/h4-5,8-9,24H,6-7H2,1-3H3;3-4,7,9H,5-6H2,1-2H3;1H3;1H;/q;;-1;;+2/p-1. The van der Waals surface area contributed by atoms with Crippen LogP contribution in [0.4, 0.5) is 20.2 Å². The molecule has 2 saturated carbocycles. The van der Waals surface area contributed by atoms with Crippen LogP contribution in [-0.2, 0) is 25.2 Å². The molecule has 0 radical (unpaired) electrons. The molecular weight excluding hydrogens is 854 g/mol. The molecule has 0 saturated heterocycles. The molecular formula is C36H35Br3F2MgN4O4. The number of halogens is 5. The van der Waals surface area contributed by atoms with Crippen LogP contribution in [0.3, 0.4) is 0 Å². The van der Waals surface area contributed by atoms with Crippen LogP contribution in [0.2, 0.25) is 0 Å². The number of likely N-dealkylation sites (N-methyl/N-ethyl adjacent to an activating group) is 2. The van der Waals surface area contributed by atoms with E-state index in [1.807, 2.05) is 0 Å². The van der Waals surface area contributed by atoms with Gasteiger partial charge in [0, 0.05) is 54.0 Å². The quantitative estimate of drug-likeness (QED) is 0.242. The second kappa shape index (κ2) is 13.7. The summed E-state index contributed by atoms with van der Waals surface area (Å²) in [6, 6.07) is 6.16. The predicted molar refractivity (Wildman–Crippen MR) is 194 cm³/mol. The van der Waals surface area contributed by atoms with Gasteiger partial charge in [-0.25, -0.2) is 8.78 Å². The Hall–Kier alpha value is -2.10. The first-order valence-electron chi connectivity index (χ1n) is 15.4. The number of hydrogen-bond donors (Lipinski definition) is 1. The van der Waals surface area contributed by atoms with E-state index in [0.29, 0.717) is 45.7 Å². The monoisotopic (exact) mass is 886 g/mol. The van der Waals surface area contributed by atoms with E-state index in [4.69, 9.17) is 0 Å². The summed E-state index contributed by atoms with van der Waals surface area (Å²) in [6.45, 7) is 5.13. The third-order valence-electron chi connectivity index (χ3n) is 10.8. The van der Waals surface area contributed by atoms with Gasteiger partial charge < -0.3 is 39.3 Å². The maximum Gasteiger partial charge on any atom is 2.00 e. The molecule has 50 heavy (non-hydrogen) atoms. The number of Topliss-reactive ketones (excluding diaryl/α,β-unsaturated/α-hetero) is 1. The van der Waals surface area contributed by atoms with Gasteiger partial charge in [0.05, 0.1) is 60.2 Å². The van der Waals surface area contributed by atoms with Crippen molar-refractivity contribution in [2.24, 2.45) is 11.8 Å². The Morgan fingerprint density at radius 2 is 1.22 bits per heavy atom. The number of hydrogen-bond acceptors (Lipinski definition) is 6. The molecule has 2 spiro atoms. The van der Waals surface area contributed by atoms with Crippen LogP contribution in [0.25, 0.3) is 21.8 Å². The van der Waals surface area contributed by atoms with Crippen molar-refractivity contribution in [2.75, 3.05) is 23.9 Å². The van der Waals surface area contributed by atoms with Crippen molar-refractivity contribution in [3.8, 4) is 0 Å². The van der Waals surface area contributed by atoms with Gasteiger partial charge in [0.25, 0.3) is 0 Å². The number of benzene rings is 2. The van der Waals surface area contributed by atoms with Crippen molar-refractivity contribution in [2.45, 2.75) is 62.9 Å². The molecule has 2 aliphatic carbocycles. The van der Waals surface area contributed by atoms with E-state index in [1.165, 1.54) is 12.1 Å². The number of amides is 2. The van der Waals surface area contributed by atoms with Crippen LogP contribution in [0.5, 0.6) is 0 Å². The van der Waals surface area contributed by atoms with Crippen molar-refractivity contribution in [1.82, 2.24) is 9.97 Å². The van der Waals surface area contributed by atoms with Crippen LogP contribution < -0.4 is 26.8 Å². The minimum Gasteiger partial charge on any atom is -1.00 e. The van der Waals surface area contributed by atoms with E-state index in [2.05, 4.69) is 41.8 Å². The molecule has 2 aromatic carbocycles. The van der Waals surface area contributed by atoms with Gasteiger partial charge in [0.1, 0.15) is 17.4 Å². The van der Waals surface area contributed by atoms with Crippen LogP contribution in [0.15, 0.2) is 45.6 Å². The number of nitrogens with zero attached hydrogens (tertiary/aromatic N) is 4. The van der Waals surface area contributed by atoms with E-state index in [0.717, 1.165) is 33.3 Å². The SMILES string of the molecule is CC(=O)C1CC2(C1)C(=O)N(C)c1cnc3cc(F)c(Br)cc3c12.CN1C(=O)C2(CC(C(C)(C)O)C2)c2c1cnc1cc(F)c(Br)cc21.[Br-].[CH3-].[Mg+2]. The maximum atomic E-state index is 13.9. The van der Waals surface area contributed by atoms with Crippen LogP contribution in [0, 0.1) is 30.9 Å². The van der Waals surface area contributed by atoms with Gasteiger partial charge in [-0.05, 0) is 96.4 Å². The van der Waals surface area contributed by atoms with Gasteiger partial charge >= 0.3 is 23.1 Å². The second-order valence-corrected chi connectivity index (χ2v) is 15.7. The summed E-state index contributed by atoms with van der Waals surface area (Å²) in [5, 5.41) is 11.9. The molecule has 14 heteroatoms. The zero-order chi connectivity index (χ0) is 34.0. The number of carbonyl (C=O) groups is 3. The summed E-state index contributed by atoms with van der Waals surface area (Å²) in [6.07, 6.45) is 5.51. The largest absolute Gasteiger partial charge is 2.00 e. The Morgan fingerprint density at radius 1 is 0.840 bits per heavy atom. The first-order valence-corrected chi connectivity index (χ1v) is 16.9. The number of ketones is 1. The van der Waals surface area contributed by atoms with Gasteiger partial charge in [0.15, 0.2) is 0 Å². The molecule has 4 aromatic rings. The topological polar surface area (TPSA) is 104 Å². The van der Waals surface area contributed by atoms with Gasteiger partial charge in [-0.3, -0.25) is 24.4 Å². The van der Waals surface area contributed by atoms with E-state index >= 15 is 0 Å². The van der Waals surface area contributed by atoms with Crippen molar-refractivity contribution in [1.29, 1.82) is 0 Å². The second-order valence-electron chi connectivity index (χ2n) is 14.0. The minimum atomic E-state index is -0.817. The average Bonchev–Trinajstić information content (AvgIpc) is 3.33. The van der Waals surface area contributed by atoms with Crippen LogP contribution >= 0.6 is 31.9 Å². The fraction of sp³-hybridized carbons (Fsp3) is 0.389. The molecule has 0 bridgehead atoms. The number of aliphatic hydroxyl groups is 1. The molecule has 2 amide bonds. The number of rotatable bonds is 2. The molecule has 2 fully saturated rings. The van der Waals surface area contributed by atoms with E-state index in [1.54, 1.807) is 69.2 Å². The summed E-state index contributed by atoms with van der Waals surface area (Å²) in [5.74, 6) is -0.618. The molecule has 2 aromatic heterocycles. The van der Waals surface area contributed by atoms with E-state index in [-0.39, 0.29) is 88.5 Å². The summed E-state index contributed by atoms with van der Waals surface area (Å²) in [4.78, 5) is 49.3. The molecule has 8 nitrogen and oxygen atoms in total. The van der Waals surface area contributed by atoms with Gasteiger partial charge in [-0.2, -0.15) is 0 Å². The number of anilines is 2. The number of pyridine rings is 2. The molecule has 0 atom stereocenters. The molecule has 1 N–H and O–H groups in total. The average molecular weight is 890 g/mol. The van der Waals surface area contributed by atoms with Gasteiger partial charge in [-0.1, -0.05) is 0 Å². The number of aromatic nitrogens is 2. The molecule has 0 unspecified atom stereocenters. The third kappa shape index (κ3) is 5.84. The maximum absolute atomic E-state index is 13.9. The Balaban J connectivity index is 0.000000212. The summed E-state index contributed by atoms with van der Waals surface area (Å²) in [5.41, 5.74) is 2.29. The van der Waals surface area contributed by atoms with E-state index in [9.17, 15) is 28.3 Å². The first-order chi connectivity index (χ1) is 22.0. The summed E-state index contributed by atoms with van der Waals surface area (Å²) >= 11 is 6.45. The molecule has 8 rings (SSSR count). The predicted octanol–water partition coefficient (Wildman–Crippen LogP) is 3.95. The normalized spacial score (nSPS) is 24.4. The molecule has 2 aliphatic heterocycles. The zero-order valence-electron chi connectivity index (χ0n) is 28.5. The Morgan fingerprint density at radius 3 is 1.58 bits per heavy atom. The Bertz CT molecular complexity index is 2080. The fourth-order valence-electron chi connectivity index (χ4n) is 8.05. The van der Waals surface area contributed by atoms with Crippen molar-refractivity contribution in [3.05, 3.63) is 75.8 Å². The number of carbonyl (C=O) groups excluding carboxylic acids is 3. The van der Waals surface area contributed by atoms with Gasteiger partial charge in [-0.15, -0.1) is 0 Å². The van der Waals surface area contributed by atoms with Crippen molar-refractivity contribution in [3.63, 3.8) is 0 Å². The molecule has 260 valence electrons. The molecule has 4 heterocycles. The zero-order valence-corrected chi connectivity index (χ0v) is 34.7. The number of fused-ring (bicyclic) bond motifs is 8. The smallest absolute Gasteiger partial charge is 1.00 e. The van der Waals surface area contributed by atoms with Crippen molar-refractivity contribution < 1.29 is 45.3 Å². The minimum absolute atomic E-state index is 0. The summed E-state index contributed by atoms with van der Waals surface area (Å²) in [7, 11) is 3.47. The Labute approximate surface area is 332 Å². The third-order valence-corrected chi connectivity index (χ3v) is 12.1. The van der Waals surface area contributed by atoms with E-state index < -0.39 is 16.4 Å². The Kier molecular flexibility index (Phi) is 11.1. The molecule has 4 aliphatic rings. The van der Waals surface area contributed by atoms with Crippen LogP contribution in [-0.4, -0.2) is 75.4 Å².